The smallest absolute Gasteiger partial charge is 0.340 e. The van der Waals surface area contributed by atoms with Crippen LogP contribution in [0.1, 0.15) is 39.2 Å². The molecule has 1 aromatic carbocycles. The van der Waals surface area contributed by atoms with E-state index in [1.54, 1.807) is 32.9 Å². The maximum absolute atomic E-state index is 12.5. The number of benzene rings is 1. The van der Waals surface area contributed by atoms with Crippen LogP contribution in [0.5, 0.6) is 5.75 Å². The third kappa shape index (κ3) is 3.94. The molecule has 0 saturated carbocycles. The molecule has 2 N–H and O–H groups in total. The molecule has 1 heterocycles. The van der Waals surface area contributed by atoms with Crippen molar-refractivity contribution in [3.05, 3.63) is 52.6 Å². The predicted octanol–water partition coefficient (Wildman–Crippen LogP) is 3.12. The molecule has 0 saturated heterocycles. The minimum absolute atomic E-state index is 0.0407. The topological polar surface area (TPSA) is 94.6 Å². The van der Waals surface area contributed by atoms with Crippen LogP contribution < -0.4 is 10.5 Å². The van der Waals surface area contributed by atoms with Gasteiger partial charge in [0.25, 0.3) is 0 Å². The zero-order valence-electron chi connectivity index (χ0n) is 14.8. The second kappa shape index (κ2) is 7.75. The van der Waals surface area contributed by atoms with Crippen LogP contribution in [0.4, 0.5) is 0 Å². The van der Waals surface area contributed by atoms with Crippen LogP contribution in [0, 0.1) is 11.3 Å². The van der Waals surface area contributed by atoms with Gasteiger partial charge >= 0.3 is 5.97 Å². The van der Waals surface area contributed by atoms with E-state index in [4.69, 9.17) is 19.9 Å². The number of rotatable bonds is 5. The van der Waals surface area contributed by atoms with E-state index in [9.17, 15) is 10.1 Å². The van der Waals surface area contributed by atoms with Crippen molar-refractivity contribution < 1.29 is 19.0 Å². The van der Waals surface area contributed by atoms with Crippen molar-refractivity contribution in [2.75, 3.05) is 6.61 Å². The molecule has 6 heteroatoms. The molecule has 0 aliphatic carbocycles. The molecule has 6 nitrogen and oxygen atoms in total. The van der Waals surface area contributed by atoms with E-state index in [0.717, 1.165) is 5.56 Å². The van der Waals surface area contributed by atoms with Crippen molar-refractivity contribution in [3.8, 4) is 11.8 Å². The maximum atomic E-state index is 12.5. The lowest BCUT2D eigenvalue weighted by Gasteiger charge is -2.27. The van der Waals surface area contributed by atoms with Gasteiger partial charge in [-0.3, -0.25) is 0 Å². The van der Waals surface area contributed by atoms with Crippen molar-refractivity contribution >= 4 is 5.97 Å². The highest BCUT2D eigenvalue weighted by molar-refractivity contribution is 5.92. The summed E-state index contributed by atoms with van der Waals surface area (Å²) in [7, 11) is 0. The standard InChI is InChI=1S/C19H22N2O4/c1-5-23-14-8-6-13(7-9-14)16-15(10-20)12(4)25-18(21)17(16)19(22)24-11(2)3/h6-9,11,16H,5,21H2,1-4H3. The zero-order valence-corrected chi connectivity index (χ0v) is 14.8. The second-order valence-corrected chi connectivity index (χ2v) is 5.85. The fourth-order valence-corrected chi connectivity index (χ4v) is 2.66. The van der Waals surface area contributed by atoms with E-state index >= 15 is 0 Å². The van der Waals surface area contributed by atoms with Crippen molar-refractivity contribution in [2.45, 2.75) is 39.7 Å². The predicted molar refractivity (Wildman–Crippen MR) is 92.2 cm³/mol. The first-order valence-electron chi connectivity index (χ1n) is 8.11. The van der Waals surface area contributed by atoms with Gasteiger partial charge in [0, 0.05) is 0 Å². The summed E-state index contributed by atoms with van der Waals surface area (Å²) in [5, 5.41) is 9.57. The summed E-state index contributed by atoms with van der Waals surface area (Å²) in [6, 6.07) is 9.32. The van der Waals surface area contributed by atoms with E-state index < -0.39 is 11.9 Å². The quantitative estimate of drug-likeness (QED) is 0.826. The summed E-state index contributed by atoms with van der Waals surface area (Å²) in [6.45, 7) is 7.60. The Morgan fingerprint density at radius 3 is 2.52 bits per heavy atom. The molecule has 0 fully saturated rings. The number of allylic oxidation sites excluding steroid dienone is 2. The number of nitrogens with zero attached hydrogens (tertiary/aromatic N) is 1. The Morgan fingerprint density at radius 2 is 2.00 bits per heavy atom. The number of carbonyl (C=O) groups is 1. The SMILES string of the molecule is CCOc1ccc(C2C(C#N)=C(C)OC(N)=C2C(=O)OC(C)C)cc1. The normalized spacial score (nSPS) is 17.2. The van der Waals surface area contributed by atoms with Crippen LogP contribution in [-0.2, 0) is 14.3 Å². The average Bonchev–Trinajstić information content (AvgIpc) is 2.54. The van der Waals surface area contributed by atoms with E-state index in [2.05, 4.69) is 6.07 Å². The lowest BCUT2D eigenvalue weighted by Crippen LogP contribution is -2.27. The summed E-state index contributed by atoms with van der Waals surface area (Å²) >= 11 is 0. The Balaban J connectivity index is 2.51. The highest BCUT2D eigenvalue weighted by atomic mass is 16.5. The number of nitrogens with two attached hydrogens (primary N) is 1. The van der Waals surface area contributed by atoms with E-state index in [0.29, 0.717) is 23.7 Å². The number of esters is 1. The van der Waals surface area contributed by atoms with Gasteiger partial charge in [-0.2, -0.15) is 5.26 Å². The highest BCUT2D eigenvalue weighted by Gasteiger charge is 2.36. The molecule has 1 aliphatic rings. The molecular formula is C19H22N2O4. The van der Waals surface area contributed by atoms with Crippen molar-refractivity contribution in [1.29, 1.82) is 5.26 Å². The summed E-state index contributed by atoms with van der Waals surface area (Å²) < 4.78 is 16.1. The number of hydrogen-bond acceptors (Lipinski definition) is 6. The summed E-state index contributed by atoms with van der Waals surface area (Å²) in [5.41, 5.74) is 7.16. The number of ether oxygens (including phenoxy) is 3. The summed E-state index contributed by atoms with van der Waals surface area (Å²) in [6.07, 6.45) is -0.314. The van der Waals surface area contributed by atoms with Crippen LogP contribution in [0.25, 0.3) is 0 Å². The minimum Gasteiger partial charge on any atom is -0.494 e. The number of hydrogen-bond donors (Lipinski definition) is 1. The number of carbonyl (C=O) groups excluding carboxylic acids is 1. The molecule has 1 unspecified atom stereocenters. The van der Waals surface area contributed by atoms with Crippen LogP contribution in [-0.4, -0.2) is 18.7 Å². The van der Waals surface area contributed by atoms with Crippen LogP contribution in [0.15, 0.2) is 47.1 Å². The fourth-order valence-electron chi connectivity index (χ4n) is 2.66. The van der Waals surface area contributed by atoms with Gasteiger partial charge in [-0.1, -0.05) is 12.1 Å². The van der Waals surface area contributed by atoms with Gasteiger partial charge in [0.05, 0.1) is 30.3 Å². The number of nitriles is 1. The molecular weight excluding hydrogens is 320 g/mol. The van der Waals surface area contributed by atoms with Crippen molar-refractivity contribution in [1.82, 2.24) is 0 Å². The molecule has 0 bridgehead atoms. The summed E-state index contributed by atoms with van der Waals surface area (Å²) in [4.78, 5) is 12.5. The zero-order chi connectivity index (χ0) is 18.6. The first kappa shape index (κ1) is 18.4. The van der Waals surface area contributed by atoms with Gasteiger partial charge in [0.1, 0.15) is 17.1 Å². The Morgan fingerprint density at radius 1 is 1.36 bits per heavy atom. The molecule has 1 aliphatic heterocycles. The first-order chi connectivity index (χ1) is 11.9. The molecule has 0 radical (unpaired) electrons. The van der Waals surface area contributed by atoms with Crippen LogP contribution >= 0.6 is 0 Å². The van der Waals surface area contributed by atoms with Crippen LogP contribution in [0.3, 0.4) is 0 Å². The average molecular weight is 342 g/mol. The molecule has 0 amide bonds. The maximum Gasteiger partial charge on any atom is 0.340 e. The Hall–Kier alpha value is -2.94. The molecule has 25 heavy (non-hydrogen) atoms. The summed E-state index contributed by atoms with van der Waals surface area (Å²) in [5.74, 6) is -0.186. The van der Waals surface area contributed by atoms with Gasteiger partial charge in [-0.25, -0.2) is 4.79 Å². The molecule has 0 spiro atoms. The third-order valence-electron chi connectivity index (χ3n) is 3.69. The lowest BCUT2D eigenvalue weighted by molar-refractivity contribution is -0.143. The highest BCUT2D eigenvalue weighted by Crippen LogP contribution is 2.40. The van der Waals surface area contributed by atoms with Crippen molar-refractivity contribution in [3.63, 3.8) is 0 Å². The minimum atomic E-state index is -0.638. The third-order valence-corrected chi connectivity index (χ3v) is 3.69. The Kier molecular flexibility index (Phi) is 5.71. The molecule has 1 aromatic rings. The van der Waals surface area contributed by atoms with Gasteiger partial charge in [0.2, 0.25) is 5.88 Å². The molecule has 0 aromatic heterocycles. The second-order valence-electron chi connectivity index (χ2n) is 5.85. The monoisotopic (exact) mass is 342 g/mol. The Labute approximate surface area is 147 Å². The van der Waals surface area contributed by atoms with Gasteiger partial charge < -0.3 is 19.9 Å². The van der Waals surface area contributed by atoms with E-state index in [1.807, 2.05) is 19.1 Å². The molecule has 1 atom stereocenters. The van der Waals surface area contributed by atoms with Gasteiger partial charge in [-0.15, -0.1) is 0 Å². The molecule has 132 valence electrons. The largest absolute Gasteiger partial charge is 0.494 e. The Bertz CT molecular complexity index is 755. The van der Waals surface area contributed by atoms with Crippen LogP contribution in [0.2, 0.25) is 0 Å². The molecule has 2 rings (SSSR count). The van der Waals surface area contributed by atoms with Gasteiger partial charge in [-0.05, 0) is 45.4 Å². The van der Waals surface area contributed by atoms with Gasteiger partial charge in [0.15, 0.2) is 0 Å². The fraction of sp³-hybridized carbons (Fsp3) is 0.368. The lowest BCUT2D eigenvalue weighted by atomic mass is 9.83. The van der Waals surface area contributed by atoms with Crippen molar-refractivity contribution in [2.24, 2.45) is 5.73 Å². The van der Waals surface area contributed by atoms with E-state index in [-0.39, 0.29) is 17.6 Å². The van der Waals surface area contributed by atoms with E-state index in [1.165, 1.54) is 0 Å². The first-order valence-corrected chi connectivity index (χ1v) is 8.11.